The Bertz CT molecular complexity index is 1500. The van der Waals surface area contributed by atoms with Crippen molar-refractivity contribution in [2.75, 3.05) is 38.2 Å². The molecule has 5 rings (SSSR count). The molecule has 3 heterocycles. The van der Waals surface area contributed by atoms with Crippen molar-refractivity contribution in [2.45, 2.75) is 6.54 Å². The van der Waals surface area contributed by atoms with E-state index < -0.39 is 17.1 Å². The van der Waals surface area contributed by atoms with Gasteiger partial charge < -0.3 is 14.5 Å². The van der Waals surface area contributed by atoms with Crippen LogP contribution in [0.1, 0.15) is 0 Å². The normalized spacial score (nSPS) is 13.9. The number of ether oxygens (including phenoxy) is 1. The van der Waals surface area contributed by atoms with Crippen LogP contribution in [-0.2, 0) is 11.3 Å². The van der Waals surface area contributed by atoms with Crippen molar-refractivity contribution in [1.29, 1.82) is 0 Å². The first-order valence-corrected chi connectivity index (χ1v) is 12.0. The molecular formula is C25H23FN4O4S. The van der Waals surface area contributed by atoms with Crippen LogP contribution < -0.4 is 20.9 Å². The van der Waals surface area contributed by atoms with Gasteiger partial charge in [0, 0.05) is 31.9 Å². The van der Waals surface area contributed by atoms with Crippen molar-refractivity contribution in [3.63, 3.8) is 0 Å². The van der Waals surface area contributed by atoms with E-state index >= 15 is 0 Å². The zero-order valence-corrected chi connectivity index (χ0v) is 19.8. The summed E-state index contributed by atoms with van der Waals surface area (Å²) in [6.45, 7) is 2.06. The van der Waals surface area contributed by atoms with E-state index in [9.17, 15) is 18.8 Å². The smallest absolute Gasteiger partial charge is 0.336 e. The Morgan fingerprint density at radius 1 is 1.00 bits per heavy atom. The Morgan fingerprint density at radius 2 is 1.71 bits per heavy atom. The Kier molecular flexibility index (Phi) is 6.12. The number of amides is 1. The molecule has 0 N–H and O–H groups in total. The minimum atomic E-state index is -0.740. The van der Waals surface area contributed by atoms with Gasteiger partial charge in [0.2, 0.25) is 5.91 Å². The Labute approximate surface area is 204 Å². The van der Waals surface area contributed by atoms with Gasteiger partial charge in [-0.2, -0.15) is 0 Å². The van der Waals surface area contributed by atoms with Crippen LogP contribution in [0.25, 0.3) is 15.9 Å². The van der Waals surface area contributed by atoms with Gasteiger partial charge in [0.1, 0.15) is 22.8 Å². The number of benzene rings is 2. The summed E-state index contributed by atoms with van der Waals surface area (Å²) in [5.74, 6) is -0.132. The number of nitrogens with zero attached hydrogens (tertiary/aromatic N) is 4. The fourth-order valence-corrected chi connectivity index (χ4v) is 5.15. The predicted molar refractivity (Wildman–Crippen MR) is 133 cm³/mol. The second-order valence-corrected chi connectivity index (χ2v) is 9.08. The van der Waals surface area contributed by atoms with Gasteiger partial charge in [-0.3, -0.25) is 14.2 Å². The van der Waals surface area contributed by atoms with Gasteiger partial charge in [0.05, 0.1) is 18.3 Å². The van der Waals surface area contributed by atoms with Gasteiger partial charge in [-0.15, -0.1) is 11.3 Å². The number of anilines is 1. The molecule has 0 unspecified atom stereocenters. The number of hydrogen-bond donors (Lipinski definition) is 0. The number of fused-ring (bicyclic) bond motifs is 1. The van der Waals surface area contributed by atoms with Crippen LogP contribution in [0, 0.1) is 5.82 Å². The van der Waals surface area contributed by atoms with Crippen LogP contribution in [0.5, 0.6) is 5.75 Å². The first-order chi connectivity index (χ1) is 17.0. The third-order valence-corrected chi connectivity index (χ3v) is 7.10. The minimum absolute atomic E-state index is 0.132. The van der Waals surface area contributed by atoms with Crippen LogP contribution in [0.2, 0.25) is 0 Å². The van der Waals surface area contributed by atoms with Gasteiger partial charge in [0.25, 0.3) is 5.56 Å². The van der Waals surface area contributed by atoms with Crippen LogP contribution in [0.4, 0.5) is 10.1 Å². The molecule has 10 heteroatoms. The molecule has 8 nitrogen and oxygen atoms in total. The Balaban J connectivity index is 1.40. The van der Waals surface area contributed by atoms with Gasteiger partial charge in [0.15, 0.2) is 0 Å². The second kappa shape index (κ2) is 9.38. The highest BCUT2D eigenvalue weighted by molar-refractivity contribution is 7.17. The summed E-state index contributed by atoms with van der Waals surface area (Å²) < 4.78 is 22.0. The van der Waals surface area contributed by atoms with Gasteiger partial charge in [-0.25, -0.2) is 13.8 Å². The fourth-order valence-electron chi connectivity index (χ4n) is 4.33. The quantitative estimate of drug-likeness (QED) is 0.427. The molecule has 2 aromatic heterocycles. The van der Waals surface area contributed by atoms with Crippen LogP contribution in [0.3, 0.4) is 0 Å². The lowest BCUT2D eigenvalue weighted by Gasteiger charge is -2.36. The Hall–Kier alpha value is -3.92. The molecule has 0 bridgehead atoms. The minimum Gasteiger partial charge on any atom is -0.497 e. The van der Waals surface area contributed by atoms with Crippen molar-refractivity contribution in [3.05, 3.63) is 86.6 Å². The summed E-state index contributed by atoms with van der Waals surface area (Å²) in [6.07, 6.45) is 0. The van der Waals surface area contributed by atoms with Crippen LogP contribution in [0.15, 0.2) is 69.6 Å². The molecule has 180 valence electrons. The van der Waals surface area contributed by atoms with E-state index in [2.05, 4.69) is 4.90 Å². The average molecular weight is 495 g/mol. The number of thiophene rings is 1. The van der Waals surface area contributed by atoms with E-state index in [1.165, 1.54) is 22.8 Å². The van der Waals surface area contributed by atoms with E-state index in [4.69, 9.17) is 4.74 Å². The molecule has 0 radical (unpaired) electrons. The first-order valence-electron chi connectivity index (χ1n) is 11.1. The molecule has 4 aromatic rings. The summed E-state index contributed by atoms with van der Waals surface area (Å²) in [7, 11) is 1.62. The fraction of sp³-hybridized carbons (Fsp3) is 0.240. The topological polar surface area (TPSA) is 76.8 Å². The number of methoxy groups -OCH3 is 1. The molecule has 0 atom stereocenters. The van der Waals surface area contributed by atoms with E-state index in [0.717, 1.165) is 27.3 Å². The monoisotopic (exact) mass is 494 g/mol. The number of rotatable bonds is 5. The van der Waals surface area contributed by atoms with Gasteiger partial charge >= 0.3 is 5.69 Å². The van der Waals surface area contributed by atoms with Crippen molar-refractivity contribution in [3.8, 4) is 11.4 Å². The van der Waals surface area contributed by atoms with Crippen molar-refractivity contribution in [2.24, 2.45) is 0 Å². The van der Waals surface area contributed by atoms with Crippen molar-refractivity contribution < 1.29 is 13.9 Å². The number of para-hydroxylation sites is 1. The number of hydrogen-bond acceptors (Lipinski definition) is 6. The summed E-state index contributed by atoms with van der Waals surface area (Å²) >= 11 is 1.16. The van der Waals surface area contributed by atoms with E-state index in [1.54, 1.807) is 29.5 Å². The van der Waals surface area contributed by atoms with E-state index in [-0.39, 0.29) is 18.1 Å². The third-order valence-electron chi connectivity index (χ3n) is 6.21. The molecule has 35 heavy (non-hydrogen) atoms. The van der Waals surface area contributed by atoms with E-state index in [0.29, 0.717) is 36.4 Å². The molecule has 1 amide bonds. The lowest BCUT2D eigenvalue weighted by atomic mass is 10.2. The largest absolute Gasteiger partial charge is 0.497 e. The SMILES string of the molecule is COc1ccc(N2CCN(C(=O)Cn3c(=O)n(-c4ccccc4F)c(=O)c4sccc43)CC2)cc1. The summed E-state index contributed by atoms with van der Waals surface area (Å²) in [5.41, 5.74) is -0.0425. The molecule has 1 saturated heterocycles. The summed E-state index contributed by atoms with van der Waals surface area (Å²) in [5, 5.41) is 1.69. The highest BCUT2D eigenvalue weighted by Gasteiger charge is 2.24. The van der Waals surface area contributed by atoms with Gasteiger partial charge in [-0.05, 0) is 47.8 Å². The maximum atomic E-state index is 14.5. The van der Waals surface area contributed by atoms with Crippen molar-refractivity contribution in [1.82, 2.24) is 14.0 Å². The highest BCUT2D eigenvalue weighted by Crippen LogP contribution is 2.21. The molecule has 0 saturated carbocycles. The second-order valence-electron chi connectivity index (χ2n) is 8.16. The lowest BCUT2D eigenvalue weighted by Crippen LogP contribution is -2.50. The molecular weight excluding hydrogens is 471 g/mol. The number of aromatic nitrogens is 2. The summed E-state index contributed by atoms with van der Waals surface area (Å²) in [4.78, 5) is 43.4. The highest BCUT2D eigenvalue weighted by atomic mass is 32.1. The van der Waals surface area contributed by atoms with Crippen LogP contribution >= 0.6 is 11.3 Å². The third kappa shape index (κ3) is 4.21. The molecule has 0 aliphatic carbocycles. The molecule has 1 aliphatic heterocycles. The molecule has 1 fully saturated rings. The standard InChI is InChI=1S/C25H23FN4O4S/c1-34-18-8-6-17(7-9-18)27-11-13-28(14-12-27)22(31)16-29-21-10-15-35-23(21)24(32)30(25(29)33)20-5-3-2-4-19(20)26/h2-10,15H,11-14,16H2,1H3. The summed E-state index contributed by atoms with van der Waals surface area (Å²) in [6, 6.07) is 15.0. The maximum absolute atomic E-state index is 14.5. The molecule has 2 aromatic carbocycles. The lowest BCUT2D eigenvalue weighted by molar-refractivity contribution is -0.132. The zero-order chi connectivity index (χ0) is 24.5. The average Bonchev–Trinajstić information content (AvgIpc) is 3.38. The van der Waals surface area contributed by atoms with Crippen LogP contribution in [-0.4, -0.2) is 53.2 Å². The number of halogens is 1. The van der Waals surface area contributed by atoms with Crippen molar-refractivity contribution >= 4 is 33.1 Å². The first kappa shape index (κ1) is 22.9. The maximum Gasteiger partial charge on any atom is 0.336 e. The predicted octanol–water partition coefficient (Wildman–Crippen LogP) is 2.71. The molecule has 1 aliphatic rings. The number of carbonyl (C=O) groups is 1. The number of piperazine rings is 1. The van der Waals surface area contributed by atoms with Gasteiger partial charge in [-0.1, -0.05) is 12.1 Å². The molecule has 0 spiro atoms. The van der Waals surface area contributed by atoms with E-state index in [1.807, 2.05) is 24.3 Å². The Morgan fingerprint density at radius 3 is 2.40 bits per heavy atom. The zero-order valence-electron chi connectivity index (χ0n) is 19.0. The number of carbonyl (C=O) groups excluding carboxylic acids is 1.